The van der Waals surface area contributed by atoms with Gasteiger partial charge < -0.3 is 0 Å². The molecule has 0 nitrogen and oxygen atoms in total. The van der Waals surface area contributed by atoms with E-state index in [0.717, 1.165) is 23.7 Å². The van der Waals surface area contributed by atoms with Crippen LogP contribution in [0.5, 0.6) is 0 Å². The highest BCUT2D eigenvalue weighted by atomic mass is 14.4. The fourth-order valence-electron chi connectivity index (χ4n) is 2.54. The van der Waals surface area contributed by atoms with Gasteiger partial charge in [0.05, 0.1) is 0 Å². The van der Waals surface area contributed by atoms with E-state index in [1.807, 2.05) is 0 Å². The van der Waals surface area contributed by atoms with Crippen LogP contribution in [0.25, 0.3) is 0 Å². The molecule has 0 aliphatic heterocycles. The summed E-state index contributed by atoms with van der Waals surface area (Å²) in [5, 5.41) is 0. The number of rotatable bonds is 5. The van der Waals surface area contributed by atoms with E-state index >= 15 is 0 Å². The minimum atomic E-state index is 1.04. The summed E-state index contributed by atoms with van der Waals surface area (Å²) in [6.07, 6.45) is 9.10. The van der Waals surface area contributed by atoms with Crippen molar-refractivity contribution in [1.82, 2.24) is 0 Å². The average molecular weight is 166 g/mol. The minimum absolute atomic E-state index is 1.04. The van der Waals surface area contributed by atoms with Gasteiger partial charge in [-0.25, -0.2) is 0 Å². The molecule has 0 aromatic carbocycles. The molecule has 0 aromatic rings. The van der Waals surface area contributed by atoms with Gasteiger partial charge in [-0.15, -0.1) is 0 Å². The molecule has 2 aliphatic carbocycles. The first-order valence-electron chi connectivity index (χ1n) is 5.81. The van der Waals surface area contributed by atoms with Gasteiger partial charge in [-0.3, -0.25) is 0 Å². The molecule has 0 saturated heterocycles. The molecule has 0 heterocycles. The van der Waals surface area contributed by atoms with Crippen LogP contribution in [-0.2, 0) is 0 Å². The van der Waals surface area contributed by atoms with E-state index in [0.29, 0.717) is 0 Å². The summed E-state index contributed by atoms with van der Waals surface area (Å²) < 4.78 is 0. The van der Waals surface area contributed by atoms with Crippen LogP contribution in [0.3, 0.4) is 0 Å². The van der Waals surface area contributed by atoms with Crippen molar-refractivity contribution in [2.75, 3.05) is 0 Å². The first-order chi connectivity index (χ1) is 5.81. The van der Waals surface area contributed by atoms with Crippen molar-refractivity contribution in [3.05, 3.63) is 0 Å². The first-order valence-corrected chi connectivity index (χ1v) is 5.81. The fourth-order valence-corrected chi connectivity index (χ4v) is 2.54. The van der Waals surface area contributed by atoms with Crippen LogP contribution in [0.2, 0.25) is 0 Å². The lowest BCUT2D eigenvalue weighted by atomic mass is 9.98. The molecular weight excluding hydrogens is 144 g/mol. The maximum Gasteiger partial charge on any atom is -0.0383 e. The van der Waals surface area contributed by atoms with E-state index in [1.54, 1.807) is 6.42 Å². The van der Waals surface area contributed by atoms with Crippen LogP contribution in [0.15, 0.2) is 0 Å². The minimum Gasteiger partial charge on any atom is -0.0651 e. The largest absolute Gasteiger partial charge is 0.0651 e. The number of hydrogen-bond donors (Lipinski definition) is 0. The summed E-state index contributed by atoms with van der Waals surface area (Å²) >= 11 is 0. The van der Waals surface area contributed by atoms with Crippen LogP contribution in [0, 0.1) is 23.7 Å². The second-order valence-corrected chi connectivity index (χ2v) is 5.06. The molecule has 0 aromatic heterocycles. The molecular formula is C12H22. The summed E-state index contributed by atoms with van der Waals surface area (Å²) in [6.45, 7) is 4.80. The predicted octanol–water partition coefficient (Wildman–Crippen LogP) is 3.86. The van der Waals surface area contributed by atoms with Crippen molar-refractivity contribution in [1.29, 1.82) is 0 Å². The van der Waals surface area contributed by atoms with E-state index in [-0.39, 0.29) is 0 Å². The molecule has 2 rings (SSSR count). The van der Waals surface area contributed by atoms with Crippen LogP contribution in [0.1, 0.15) is 52.4 Å². The molecule has 0 radical (unpaired) electrons. The third-order valence-electron chi connectivity index (χ3n) is 4.01. The Morgan fingerprint density at radius 2 is 2.00 bits per heavy atom. The van der Waals surface area contributed by atoms with Crippen molar-refractivity contribution < 1.29 is 0 Å². The van der Waals surface area contributed by atoms with E-state index in [2.05, 4.69) is 13.8 Å². The van der Waals surface area contributed by atoms with Crippen molar-refractivity contribution in [2.24, 2.45) is 23.7 Å². The maximum atomic E-state index is 2.46. The molecule has 12 heavy (non-hydrogen) atoms. The van der Waals surface area contributed by atoms with E-state index in [4.69, 9.17) is 0 Å². The number of hydrogen-bond acceptors (Lipinski definition) is 0. The Morgan fingerprint density at radius 3 is 2.50 bits per heavy atom. The Labute approximate surface area is 76.7 Å². The van der Waals surface area contributed by atoms with E-state index < -0.39 is 0 Å². The molecule has 3 unspecified atom stereocenters. The van der Waals surface area contributed by atoms with Gasteiger partial charge in [-0.2, -0.15) is 0 Å². The van der Waals surface area contributed by atoms with Crippen LogP contribution >= 0.6 is 0 Å². The van der Waals surface area contributed by atoms with Crippen molar-refractivity contribution in [3.63, 3.8) is 0 Å². The summed E-state index contributed by atoms with van der Waals surface area (Å²) in [5.41, 5.74) is 0. The van der Waals surface area contributed by atoms with Crippen molar-refractivity contribution >= 4 is 0 Å². The zero-order valence-corrected chi connectivity index (χ0v) is 8.55. The molecule has 0 amide bonds. The lowest BCUT2D eigenvalue weighted by Gasteiger charge is -2.08. The SMILES string of the molecule is CCC1CC1CCC(C)C1CC1. The normalized spacial score (nSPS) is 36.5. The van der Waals surface area contributed by atoms with Crippen molar-refractivity contribution in [3.8, 4) is 0 Å². The van der Waals surface area contributed by atoms with E-state index in [9.17, 15) is 0 Å². The average Bonchev–Trinajstić information content (AvgIpc) is 2.93. The van der Waals surface area contributed by atoms with Gasteiger partial charge in [0.1, 0.15) is 0 Å². The van der Waals surface area contributed by atoms with Gasteiger partial charge in [0.2, 0.25) is 0 Å². The van der Waals surface area contributed by atoms with Gasteiger partial charge in [-0.05, 0) is 49.4 Å². The summed E-state index contributed by atoms with van der Waals surface area (Å²) in [5.74, 6) is 4.43. The zero-order valence-electron chi connectivity index (χ0n) is 8.55. The molecule has 2 fully saturated rings. The van der Waals surface area contributed by atoms with Gasteiger partial charge in [0, 0.05) is 0 Å². The molecule has 0 bridgehead atoms. The van der Waals surface area contributed by atoms with Gasteiger partial charge in [-0.1, -0.05) is 26.7 Å². The Morgan fingerprint density at radius 1 is 1.25 bits per heavy atom. The summed E-state index contributed by atoms with van der Waals surface area (Å²) in [4.78, 5) is 0. The second kappa shape index (κ2) is 3.40. The van der Waals surface area contributed by atoms with Crippen LogP contribution in [-0.4, -0.2) is 0 Å². The Hall–Kier alpha value is 0. The first kappa shape index (κ1) is 8.59. The highest BCUT2D eigenvalue weighted by molar-refractivity contribution is 4.86. The summed E-state index contributed by atoms with van der Waals surface area (Å²) in [7, 11) is 0. The lowest BCUT2D eigenvalue weighted by Crippen LogP contribution is -1.97. The standard InChI is InChI=1S/C12H22/c1-3-10-8-12(10)5-4-9(2)11-6-7-11/h9-12H,3-8H2,1-2H3. The Balaban J connectivity index is 1.56. The van der Waals surface area contributed by atoms with Gasteiger partial charge in [0.15, 0.2) is 0 Å². The third-order valence-corrected chi connectivity index (χ3v) is 4.01. The molecule has 0 N–H and O–H groups in total. The third kappa shape index (κ3) is 2.02. The van der Waals surface area contributed by atoms with E-state index in [1.165, 1.54) is 32.1 Å². The topological polar surface area (TPSA) is 0 Å². The fraction of sp³-hybridized carbons (Fsp3) is 1.00. The quantitative estimate of drug-likeness (QED) is 0.582. The molecule has 70 valence electrons. The zero-order chi connectivity index (χ0) is 8.55. The molecule has 2 aliphatic rings. The Kier molecular flexibility index (Phi) is 2.43. The maximum absolute atomic E-state index is 2.46. The smallest absolute Gasteiger partial charge is 0.0383 e. The summed E-state index contributed by atoms with van der Waals surface area (Å²) in [6, 6.07) is 0. The monoisotopic (exact) mass is 166 g/mol. The molecule has 3 atom stereocenters. The predicted molar refractivity (Wildman–Crippen MR) is 53.0 cm³/mol. The van der Waals surface area contributed by atoms with Crippen molar-refractivity contribution in [2.45, 2.75) is 52.4 Å². The highest BCUT2D eigenvalue weighted by Crippen LogP contribution is 2.47. The van der Waals surface area contributed by atoms with Gasteiger partial charge >= 0.3 is 0 Å². The van der Waals surface area contributed by atoms with Gasteiger partial charge in [0.25, 0.3) is 0 Å². The molecule has 0 heteroatoms. The Bertz CT molecular complexity index is 146. The second-order valence-electron chi connectivity index (χ2n) is 5.06. The molecule has 2 saturated carbocycles. The highest BCUT2D eigenvalue weighted by Gasteiger charge is 2.36. The lowest BCUT2D eigenvalue weighted by molar-refractivity contribution is 0.430. The van der Waals surface area contributed by atoms with Crippen LogP contribution < -0.4 is 0 Å². The molecule has 0 spiro atoms. The van der Waals surface area contributed by atoms with Crippen LogP contribution in [0.4, 0.5) is 0 Å².